The summed E-state index contributed by atoms with van der Waals surface area (Å²) < 4.78 is 0. The minimum Gasteiger partial charge on any atom is -0.321 e. The second-order valence-electron chi connectivity index (χ2n) is 5.54. The van der Waals surface area contributed by atoms with E-state index in [2.05, 4.69) is 67.7 Å². The summed E-state index contributed by atoms with van der Waals surface area (Å²) in [6, 6.07) is 8.49. The minimum atomic E-state index is 0.670. The smallest absolute Gasteiger partial charge is 0.189 e. The standard InChI is InChI=1S/C16H23N3S/c1-12(2)9-17-10-14-11-20-16(18-14)19(4)15-7-5-6-13(3)8-15/h5-8,11-12,17H,9-10H2,1-4H3. The minimum absolute atomic E-state index is 0.670. The van der Waals surface area contributed by atoms with Crippen molar-refractivity contribution in [2.24, 2.45) is 5.92 Å². The fraction of sp³-hybridized carbons (Fsp3) is 0.438. The third-order valence-electron chi connectivity index (χ3n) is 3.07. The van der Waals surface area contributed by atoms with Crippen molar-refractivity contribution < 1.29 is 0 Å². The van der Waals surface area contributed by atoms with Crippen LogP contribution in [0.1, 0.15) is 25.1 Å². The van der Waals surface area contributed by atoms with Crippen molar-refractivity contribution >= 4 is 22.2 Å². The van der Waals surface area contributed by atoms with E-state index in [4.69, 9.17) is 4.98 Å². The molecule has 20 heavy (non-hydrogen) atoms. The van der Waals surface area contributed by atoms with Crippen LogP contribution in [0.15, 0.2) is 29.6 Å². The maximum atomic E-state index is 4.70. The Labute approximate surface area is 125 Å². The summed E-state index contributed by atoms with van der Waals surface area (Å²) in [4.78, 5) is 6.84. The van der Waals surface area contributed by atoms with Crippen LogP contribution in [-0.4, -0.2) is 18.6 Å². The van der Waals surface area contributed by atoms with Crippen molar-refractivity contribution in [3.63, 3.8) is 0 Å². The van der Waals surface area contributed by atoms with E-state index < -0.39 is 0 Å². The molecule has 0 radical (unpaired) electrons. The van der Waals surface area contributed by atoms with E-state index in [1.165, 1.54) is 11.3 Å². The van der Waals surface area contributed by atoms with E-state index in [-0.39, 0.29) is 0 Å². The molecule has 1 aromatic carbocycles. The molecule has 0 saturated heterocycles. The number of hydrogen-bond donors (Lipinski definition) is 1. The van der Waals surface area contributed by atoms with Gasteiger partial charge in [-0.3, -0.25) is 0 Å². The molecule has 0 atom stereocenters. The van der Waals surface area contributed by atoms with Gasteiger partial charge in [0.15, 0.2) is 5.13 Å². The number of anilines is 2. The zero-order valence-corrected chi connectivity index (χ0v) is 13.5. The normalized spacial score (nSPS) is 11.1. The number of hydrogen-bond acceptors (Lipinski definition) is 4. The van der Waals surface area contributed by atoms with Gasteiger partial charge in [-0.1, -0.05) is 26.0 Å². The summed E-state index contributed by atoms with van der Waals surface area (Å²) in [6.45, 7) is 8.41. The second kappa shape index (κ2) is 6.86. The predicted octanol–water partition coefficient (Wildman–Crippen LogP) is 3.97. The lowest BCUT2D eigenvalue weighted by molar-refractivity contribution is 0.549. The molecule has 0 fully saturated rings. The monoisotopic (exact) mass is 289 g/mol. The van der Waals surface area contributed by atoms with Crippen molar-refractivity contribution in [3.8, 4) is 0 Å². The molecule has 3 nitrogen and oxygen atoms in total. The van der Waals surface area contributed by atoms with E-state index >= 15 is 0 Å². The molecule has 0 spiro atoms. The topological polar surface area (TPSA) is 28.2 Å². The molecule has 0 amide bonds. The Morgan fingerprint density at radius 1 is 1.35 bits per heavy atom. The van der Waals surface area contributed by atoms with Crippen LogP contribution >= 0.6 is 11.3 Å². The van der Waals surface area contributed by atoms with Gasteiger partial charge in [-0.2, -0.15) is 0 Å². The Morgan fingerprint density at radius 3 is 2.85 bits per heavy atom. The summed E-state index contributed by atoms with van der Waals surface area (Å²) in [6.07, 6.45) is 0. The molecule has 1 N–H and O–H groups in total. The number of nitrogens with one attached hydrogen (secondary N) is 1. The van der Waals surface area contributed by atoms with Crippen LogP contribution in [-0.2, 0) is 6.54 Å². The van der Waals surface area contributed by atoms with Crippen molar-refractivity contribution in [3.05, 3.63) is 40.9 Å². The summed E-state index contributed by atoms with van der Waals surface area (Å²) >= 11 is 1.69. The van der Waals surface area contributed by atoms with Gasteiger partial charge in [-0.05, 0) is 37.1 Å². The Morgan fingerprint density at radius 2 is 2.15 bits per heavy atom. The molecule has 0 saturated carbocycles. The molecule has 0 unspecified atom stereocenters. The maximum Gasteiger partial charge on any atom is 0.189 e. The maximum absolute atomic E-state index is 4.70. The first-order valence-electron chi connectivity index (χ1n) is 7.02. The molecule has 0 aliphatic heterocycles. The average Bonchev–Trinajstić information content (AvgIpc) is 2.86. The Bertz CT molecular complexity index is 548. The quantitative estimate of drug-likeness (QED) is 0.872. The zero-order valence-electron chi connectivity index (χ0n) is 12.7. The van der Waals surface area contributed by atoms with Crippen LogP contribution in [0.2, 0.25) is 0 Å². The molecule has 0 bridgehead atoms. The third kappa shape index (κ3) is 4.05. The molecule has 0 aliphatic carbocycles. The van der Waals surface area contributed by atoms with Crippen molar-refractivity contribution in [1.29, 1.82) is 0 Å². The first-order chi connectivity index (χ1) is 9.56. The lowest BCUT2D eigenvalue weighted by atomic mass is 10.2. The molecule has 4 heteroatoms. The van der Waals surface area contributed by atoms with Crippen molar-refractivity contribution in [2.75, 3.05) is 18.5 Å². The molecule has 2 rings (SSSR count). The number of nitrogens with zero attached hydrogens (tertiary/aromatic N) is 2. The van der Waals surface area contributed by atoms with Gasteiger partial charge in [0.05, 0.1) is 5.69 Å². The molecular weight excluding hydrogens is 266 g/mol. The summed E-state index contributed by atoms with van der Waals surface area (Å²) in [5.41, 5.74) is 3.57. The predicted molar refractivity (Wildman–Crippen MR) is 87.9 cm³/mol. The molecule has 2 aromatic rings. The van der Waals surface area contributed by atoms with E-state index in [0.717, 1.165) is 23.9 Å². The van der Waals surface area contributed by atoms with Crippen LogP contribution < -0.4 is 10.2 Å². The van der Waals surface area contributed by atoms with Gasteiger partial charge in [-0.15, -0.1) is 11.3 Å². The van der Waals surface area contributed by atoms with Crippen LogP contribution in [0.25, 0.3) is 0 Å². The molecule has 1 aromatic heterocycles. The summed E-state index contributed by atoms with van der Waals surface area (Å²) in [7, 11) is 2.07. The lowest BCUT2D eigenvalue weighted by Gasteiger charge is -2.16. The average molecular weight is 289 g/mol. The van der Waals surface area contributed by atoms with Gasteiger partial charge >= 0.3 is 0 Å². The van der Waals surface area contributed by atoms with Gasteiger partial charge in [0.1, 0.15) is 0 Å². The SMILES string of the molecule is Cc1cccc(N(C)c2nc(CNCC(C)C)cs2)c1. The number of rotatable bonds is 6. The Balaban J connectivity index is 2.01. The molecular formula is C16H23N3S. The van der Waals surface area contributed by atoms with Gasteiger partial charge in [0.2, 0.25) is 0 Å². The van der Waals surface area contributed by atoms with Crippen molar-refractivity contribution in [1.82, 2.24) is 10.3 Å². The van der Waals surface area contributed by atoms with Crippen molar-refractivity contribution in [2.45, 2.75) is 27.3 Å². The van der Waals surface area contributed by atoms with E-state index in [9.17, 15) is 0 Å². The number of thiazole rings is 1. The fourth-order valence-corrected chi connectivity index (χ4v) is 2.78. The highest BCUT2D eigenvalue weighted by Crippen LogP contribution is 2.27. The van der Waals surface area contributed by atoms with E-state index in [1.807, 2.05) is 0 Å². The fourth-order valence-electron chi connectivity index (χ4n) is 1.97. The Kier molecular flexibility index (Phi) is 5.15. The first-order valence-corrected chi connectivity index (χ1v) is 7.89. The lowest BCUT2D eigenvalue weighted by Crippen LogP contribution is -2.19. The summed E-state index contributed by atoms with van der Waals surface area (Å²) in [5, 5.41) is 6.60. The number of aryl methyl sites for hydroxylation is 1. The largest absolute Gasteiger partial charge is 0.321 e. The first kappa shape index (κ1) is 15.0. The molecule has 108 valence electrons. The van der Waals surface area contributed by atoms with Gasteiger partial charge < -0.3 is 10.2 Å². The molecule has 1 heterocycles. The van der Waals surface area contributed by atoms with Gasteiger partial charge in [0.25, 0.3) is 0 Å². The zero-order chi connectivity index (χ0) is 14.5. The molecule has 0 aliphatic rings. The van der Waals surface area contributed by atoms with Crippen LogP contribution in [0, 0.1) is 12.8 Å². The summed E-state index contributed by atoms with van der Waals surface area (Å²) in [5.74, 6) is 0.670. The second-order valence-corrected chi connectivity index (χ2v) is 6.38. The highest BCUT2D eigenvalue weighted by Gasteiger charge is 2.09. The highest BCUT2D eigenvalue weighted by atomic mass is 32.1. The number of aromatic nitrogens is 1. The van der Waals surface area contributed by atoms with Gasteiger partial charge in [-0.25, -0.2) is 4.98 Å². The van der Waals surface area contributed by atoms with E-state index in [1.54, 1.807) is 11.3 Å². The third-order valence-corrected chi connectivity index (χ3v) is 4.04. The van der Waals surface area contributed by atoms with Crippen LogP contribution in [0.4, 0.5) is 10.8 Å². The van der Waals surface area contributed by atoms with Crippen LogP contribution in [0.5, 0.6) is 0 Å². The highest BCUT2D eigenvalue weighted by molar-refractivity contribution is 7.13. The van der Waals surface area contributed by atoms with E-state index in [0.29, 0.717) is 5.92 Å². The van der Waals surface area contributed by atoms with Gasteiger partial charge in [0, 0.05) is 24.7 Å². The Hall–Kier alpha value is -1.39. The number of benzene rings is 1. The van der Waals surface area contributed by atoms with Crippen LogP contribution in [0.3, 0.4) is 0 Å².